The third kappa shape index (κ3) is 8.27. The first-order chi connectivity index (χ1) is 31.3. The molecule has 6 nitrogen and oxygen atoms in total. The Labute approximate surface area is 383 Å². The van der Waals surface area contributed by atoms with Gasteiger partial charge in [-0.3, -0.25) is 9.59 Å². The predicted molar refractivity (Wildman–Crippen MR) is 266 cm³/mol. The molecule has 2 N–H and O–H groups in total. The summed E-state index contributed by atoms with van der Waals surface area (Å²) in [5, 5.41) is 24.7. The molecule has 2 aliphatic heterocycles. The second kappa shape index (κ2) is 17.3. The van der Waals surface area contributed by atoms with Gasteiger partial charge in [0.25, 0.3) is 0 Å². The number of benzene rings is 6. The van der Waals surface area contributed by atoms with E-state index in [0.29, 0.717) is 13.1 Å². The highest BCUT2D eigenvalue weighted by molar-refractivity contribution is 6.08. The molecule has 0 aromatic heterocycles. The molecule has 0 amide bonds. The maximum Gasteiger partial charge on any atom is 0.309 e. The molecule has 6 aromatic carbocycles. The van der Waals surface area contributed by atoms with Gasteiger partial charge in [0.2, 0.25) is 5.69 Å². The summed E-state index contributed by atoms with van der Waals surface area (Å²) in [7, 11) is 0. The first-order valence-corrected chi connectivity index (χ1v) is 23.0. The Bertz CT molecular complexity index is 3010. The van der Waals surface area contributed by atoms with Crippen LogP contribution >= 0.6 is 0 Å². The van der Waals surface area contributed by atoms with Gasteiger partial charge in [-0.05, 0) is 125 Å². The van der Waals surface area contributed by atoms with Crippen molar-refractivity contribution in [2.45, 2.75) is 84.0 Å². The Morgan fingerprint density at radius 2 is 1.20 bits per heavy atom. The van der Waals surface area contributed by atoms with Crippen LogP contribution in [0.4, 0.5) is 11.4 Å². The predicted octanol–water partition coefficient (Wildman–Crippen LogP) is 13.1. The lowest BCUT2D eigenvalue weighted by Crippen LogP contribution is -2.34. The van der Waals surface area contributed by atoms with Crippen molar-refractivity contribution in [2.24, 2.45) is 5.41 Å². The summed E-state index contributed by atoms with van der Waals surface area (Å²) in [4.78, 5) is 26.6. The van der Waals surface area contributed by atoms with Gasteiger partial charge in [-0.1, -0.05) is 141 Å². The molecule has 6 aromatic rings. The van der Waals surface area contributed by atoms with E-state index in [2.05, 4.69) is 202 Å². The molecule has 328 valence electrons. The normalized spacial score (nSPS) is 21.6. The molecule has 0 radical (unpaired) electrons. The highest BCUT2D eigenvalue weighted by Crippen LogP contribution is 2.53. The second-order valence-electron chi connectivity index (χ2n) is 19.6. The summed E-state index contributed by atoms with van der Waals surface area (Å²) >= 11 is 0. The van der Waals surface area contributed by atoms with E-state index in [4.69, 9.17) is 0 Å². The van der Waals surface area contributed by atoms with E-state index in [-0.39, 0.29) is 18.3 Å². The van der Waals surface area contributed by atoms with Gasteiger partial charge >= 0.3 is 11.9 Å². The van der Waals surface area contributed by atoms with Gasteiger partial charge in [0.05, 0.1) is 11.8 Å². The molecule has 9 rings (SSSR count). The van der Waals surface area contributed by atoms with Crippen molar-refractivity contribution in [1.29, 1.82) is 0 Å². The maximum atomic E-state index is 12.2. The Morgan fingerprint density at radius 1 is 0.631 bits per heavy atom. The van der Waals surface area contributed by atoms with Crippen molar-refractivity contribution in [1.82, 2.24) is 0 Å². The number of rotatable bonds is 13. The largest absolute Gasteiger partial charge is 0.481 e. The zero-order valence-corrected chi connectivity index (χ0v) is 38.3. The van der Waals surface area contributed by atoms with Crippen LogP contribution in [0, 0.1) is 5.41 Å². The number of carboxylic acid groups (broad SMARTS) is 2. The first kappa shape index (κ1) is 43.5. The minimum atomic E-state index is -0.816. The third-order valence-electron chi connectivity index (χ3n) is 14.3. The van der Waals surface area contributed by atoms with Gasteiger partial charge in [0.15, 0.2) is 12.3 Å². The summed E-state index contributed by atoms with van der Waals surface area (Å²) in [6, 6.07) is 47.1. The summed E-state index contributed by atoms with van der Waals surface area (Å²) in [6.45, 7) is 12.3. The zero-order valence-electron chi connectivity index (χ0n) is 38.3. The highest BCUT2D eigenvalue weighted by Gasteiger charge is 2.49. The number of anilines is 1. The standard InChI is InChI=1S/C59H58N2O4/c1-40-45(26-30-51-58(4,36-41-16-8-6-9-17-41)55-47-22-14-12-20-43(47)24-28-49(55)60(51)34-32-53(62)63)38-57(2,3)39-46(40)27-31-52-59(5,37-42-18-10-7-11-19-42)56-48-23-15-13-21-44(48)25-29-50(56)61(52)35-33-54(64)65/h6-31H,32-39H2,1-5H3,(H-,62,63,64,65)/p+1. The summed E-state index contributed by atoms with van der Waals surface area (Å²) in [5.74, 6) is -1.63. The van der Waals surface area contributed by atoms with Crippen molar-refractivity contribution in [3.63, 3.8) is 0 Å². The summed E-state index contributed by atoms with van der Waals surface area (Å²) in [6.07, 6.45) is 12.6. The first-order valence-electron chi connectivity index (χ1n) is 23.0. The number of carboxylic acids is 2. The maximum absolute atomic E-state index is 12.2. The van der Waals surface area contributed by atoms with Gasteiger partial charge < -0.3 is 15.1 Å². The lowest BCUT2D eigenvalue weighted by molar-refractivity contribution is -0.436. The molecule has 2 unspecified atom stereocenters. The zero-order chi connectivity index (χ0) is 45.5. The minimum absolute atomic E-state index is 0.0215. The van der Waals surface area contributed by atoms with Crippen LogP contribution in [-0.4, -0.2) is 45.5 Å². The van der Waals surface area contributed by atoms with Crippen LogP contribution in [0.2, 0.25) is 0 Å². The van der Waals surface area contributed by atoms with Crippen molar-refractivity contribution < 1.29 is 24.4 Å². The fourth-order valence-corrected chi connectivity index (χ4v) is 11.3. The van der Waals surface area contributed by atoms with Gasteiger partial charge in [0.1, 0.15) is 6.42 Å². The van der Waals surface area contributed by atoms with Crippen LogP contribution < -0.4 is 4.90 Å². The quantitative estimate of drug-likeness (QED) is 0.113. The van der Waals surface area contributed by atoms with E-state index in [0.717, 1.165) is 48.5 Å². The van der Waals surface area contributed by atoms with E-state index >= 15 is 0 Å². The van der Waals surface area contributed by atoms with Gasteiger partial charge in [-0.15, -0.1) is 0 Å². The molecule has 1 aliphatic carbocycles. The third-order valence-corrected chi connectivity index (χ3v) is 14.3. The Kier molecular flexibility index (Phi) is 11.6. The van der Waals surface area contributed by atoms with E-state index < -0.39 is 22.8 Å². The molecule has 3 aliphatic rings. The van der Waals surface area contributed by atoms with E-state index in [9.17, 15) is 19.8 Å². The molecule has 6 heteroatoms. The molecule has 0 saturated carbocycles. The topological polar surface area (TPSA) is 80.9 Å². The average molecular weight is 860 g/mol. The van der Waals surface area contributed by atoms with Gasteiger partial charge in [0, 0.05) is 41.1 Å². The number of carbonyl (C=O) groups is 2. The van der Waals surface area contributed by atoms with Crippen LogP contribution in [0.3, 0.4) is 0 Å². The van der Waals surface area contributed by atoms with Crippen LogP contribution in [0.5, 0.6) is 0 Å². The van der Waals surface area contributed by atoms with Crippen LogP contribution in [0.1, 0.15) is 82.6 Å². The minimum Gasteiger partial charge on any atom is -0.481 e. The number of nitrogens with zero attached hydrogens (tertiary/aromatic N) is 2. The van der Waals surface area contributed by atoms with E-state index in [1.54, 1.807) is 0 Å². The Morgan fingerprint density at radius 3 is 1.83 bits per heavy atom. The van der Waals surface area contributed by atoms with Crippen molar-refractivity contribution in [3.05, 3.63) is 202 Å². The molecule has 0 bridgehead atoms. The van der Waals surface area contributed by atoms with E-state index in [1.165, 1.54) is 60.5 Å². The molecule has 0 fully saturated rings. The number of fused-ring (bicyclic) bond motifs is 6. The second-order valence-corrected chi connectivity index (χ2v) is 19.6. The fraction of sp³-hybridized carbons (Fsp3) is 0.271. The van der Waals surface area contributed by atoms with Crippen LogP contribution in [0.25, 0.3) is 21.5 Å². The smallest absolute Gasteiger partial charge is 0.309 e. The molecular weight excluding hydrogens is 801 g/mol. The number of allylic oxidation sites excluding steroid dienone is 8. The average Bonchev–Trinajstić information content (AvgIpc) is 3.67. The van der Waals surface area contributed by atoms with Gasteiger partial charge in [-0.2, -0.15) is 4.58 Å². The number of hydrogen-bond acceptors (Lipinski definition) is 3. The lowest BCUT2D eigenvalue weighted by Gasteiger charge is -2.34. The number of aliphatic carboxylic acids is 2. The SMILES string of the molecule is CC1=C(/C=C/C2=[N+](CCC(=O)O)c3ccc4ccccc4c3C2(C)Cc2ccccc2)CC(C)(C)C/C1=C\C=C1\N(CCC(=O)O)c2ccc3ccccc3c2C1(C)Cc1ccccc1. The molecule has 2 heterocycles. The van der Waals surface area contributed by atoms with Crippen molar-refractivity contribution >= 4 is 50.6 Å². The fourth-order valence-electron chi connectivity index (χ4n) is 11.3. The summed E-state index contributed by atoms with van der Waals surface area (Å²) in [5.41, 5.74) is 12.1. The van der Waals surface area contributed by atoms with E-state index in [1.807, 2.05) is 0 Å². The molecule has 2 atom stereocenters. The molecular formula is C59H59N2O4+. The monoisotopic (exact) mass is 859 g/mol. The lowest BCUT2D eigenvalue weighted by atomic mass is 9.70. The molecule has 0 spiro atoms. The van der Waals surface area contributed by atoms with Crippen LogP contribution in [-0.2, 0) is 33.3 Å². The van der Waals surface area contributed by atoms with Gasteiger partial charge in [-0.25, -0.2) is 0 Å². The Hall–Kier alpha value is -6.79. The van der Waals surface area contributed by atoms with Crippen LogP contribution in [0.15, 0.2) is 180 Å². The number of hydrogen-bond donors (Lipinski definition) is 2. The molecule has 65 heavy (non-hydrogen) atoms. The van der Waals surface area contributed by atoms with Crippen molar-refractivity contribution in [2.75, 3.05) is 18.0 Å². The molecule has 0 saturated heterocycles. The van der Waals surface area contributed by atoms with Crippen molar-refractivity contribution in [3.8, 4) is 0 Å². The Balaban J connectivity index is 1.18. The highest BCUT2D eigenvalue weighted by atomic mass is 16.4. The summed E-state index contributed by atoms with van der Waals surface area (Å²) < 4.78 is 2.26.